The third kappa shape index (κ3) is 3.29. The van der Waals surface area contributed by atoms with Gasteiger partial charge >= 0.3 is 0 Å². The van der Waals surface area contributed by atoms with Crippen molar-refractivity contribution in [2.75, 3.05) is 19.6 Å². The molecule has 1 aromatic rings. The Bertz CT molecular complexity index is 546. The summed E-state index contributed by atoms with van der Waals surface area (Å²) in [7, 11) is 0. The Hall–Kier alpha value is -1.91. The number of hydrogen-bond acceptors (Lipinski definition) is 3. The second-order valence-electron chi connectivity index (χ2n) is 6.44. The number of fused-ring (bicyclic) bond motifs is 1. The molecule has 3 rings (SSSR count). The molecule has 118 valence electrons. The summed E-state index contributed by atoms with van der Waals surface area (Å²) in [5, 5.41) is 0. The minimum Gasteiger partial charge on any atom is -0.343 e. The molecule has 0 aromatic carbocycles. The molecule has 0 bridgehead atoms. The summed E-state index contributed by atoms with van der Waals surface area (Å²) in [6.07, 6.45) is 6.13. The van der Waals surface area contributed by atoms with Gasteiger partial charge in [0.15, 0.2) is 0 Å². The number of amides is 2. The number of likely N-dealkylation sites (tertiary alicyclic amines) is 2. The lowest BCUT2D eigenvalue weighted by Gasteiger charge is -2.36. The van der Waals surface area contributed by atoms with E-state index >= 15 is 0 Å². The molecular formula is C17H23N3O2. The quantitative estimate of drug-likeness (QED) is 0.835. The largest absolute Gasteiger partial charge is 0.343 e. The molecule has 0 spiro atoms. The maximum absolute atomic E-state index is 12.5. The van der Waals surface area contributed by atoms with Gasteiger partial charge in [0, 0.05) is 51.9 Å². The van der Waals surface area contributed by atoms with Crippen LogP contribution in [0.3, 0.4) is 0 Å². The molecule has 2 fully saturated rings. The molecular weight excluding hydrogens is 278 g/mol. The van der Waals surface area contributed by atoms with Gasteiger partial charge in [0.05, 0.1) is 0 Å². The first-order valence-electron chi connectivity index (χ1n) is 8.05. The summed E-state index contributed by atoms with van der Waals surface area (Å²) >= 11 is 0. The highest BCUT2D eigenvalue weighted by Gasteiger charge is 2.35. The first-order chi connectivity index (χ1) is 10.6. The molecule has 2 aliphatic rings. The van der Waals surface area contributed by atoms with Crippen LogP contribution >= 0.6 is 0 Å². The molecule has 0 saturated carbocycles. The number of nitrogens with zero attached hydrogens (tertiary/aromatic N) is 3. The molecule has 2 amide bonds. The molecule has 0 aliphatic carbocycles. The van der Waals surface area contributed by atoms with Crippen molar-refractivity contribution in [1.82, 2.24) is 14.8 Å². The molecule has 5 heteroatoms. The van der Waals surface area contributed by atoms with Gasteiger partial charge < -0.3 is 9.80 Å². The Morgan fingerprint density at radius 1 is 1.32 bits per heavy atom. The molecule has 2 saturated heterocycles. The number of carbonyl (C=O) groups is 2. The van der Waals surface area contributed by atoms with E-state index < -0.39 is 0 Å². The summed E-state index contributed by atoms with van der Waals surface area (Å²) in [5.41, 5.74) is 1.08. The van der Waals surface area contributed by atoms with Crippen LogP contribution in [0.5, 0.6) is 0 Å². The maximum atomic E-state index is 12.5. The van der Waals surface area contributed by atoms with Crippen LogP contribution in [0.4, 0.5) is 0 Å². The van der Waals surface area contributed by atoms with Gasteiger partial charge in [-0.1, -0.05) is 6.07 Å². The zero-order valence-corrected chi connectivity index (χ0v) is 13.1. The summed E-state index contributed by atoms with van der Waals surface area (Å²) in [4.78, 5) is 32.1. The van der Waals surface area contributed by atoms with Crippen molar-refractivity contribution < 1.29 is 9.59 Å². The number of piperidine rings is 1. The van der Waals surface area contributed by atoms with Crippen molar-refractivity contribution in [3.63, 3.8) is 0 Å². The monoisotopic (exact) mass is 301 g/mol. The van der Waals surface area contributed by atoms with Gasteiger partial charge in [-0.25, -0.2) is 0 Å². The Balaban J connectivity index is 1.66. The number of aromatic nitrogens is 1. The van der Waals surface area contributed by atoms with E-state index in [1.165, 1.54) is 0 Å². The molecule has 1 aromatic heterocycles. The van der Waals surface area contributed by atoms with Gasteiger partial charge in [-0.3, -0.25) is 14.6 Å². The van der Waals surface area contributed by atoms with Crippen LogP contribution < -0.4 is 0 Å². The lowest BCUT2D eigenvalue weighted by atomic mass is 9.82. The first kappa shape index (κ1) is 15.0. The Kier molecular flexibility index (Phi) is 4.41. The molecule has 5 nitrogen and oxygen atoms in total. The van der Waals surface area contributed by atoms with E-state index in [1.807, 2.05) is 28.1 Å². The lowest BCUT2D eigenvalue weighted by Crippen LogP contribution is -2.42. The molecule has 2 aliphatic heterocycles. The van der Waals surface area contributed by atoms with Gasteiger partial charge in [-0.15, -0.1) is 0 Å². The van der Waals surface area contributed by atoms with Crippen molar-refractivity contribution in [3.8, 4) is 0 Å². The van der Waals surface area contributed by atoms with Crippen molar-refractivity contribution in [2.24, 2.45) is 11.8 Å². The minimum atomic E-state index is 0.154. The highest BCUT2D eigenvalue weighted by molar-refractivity contribution is 5.77. The molecule has 22 heavy (non-hydrogen) atoms. The minimum absolute atomic E-state index is 0.154. The third-order valence-electron chi connectivity index (χ3n) is 4.99. The Labute approximate surface area is 131 Å². The van der Waals surface area contributed by atoms with E-state index in [4.69, 9.17) is 0 Å². The van der Waals surface area contributed by atoms with Crippen molar-refractivity contribution in [2.45, 2.75) is 32.7 Å². The fraction of sp³-hybridized carbons (Fsp3) is 0.588. The van der Waals surface area contributed by atoms with E-state index in [0.717, 1.165) is 38.0 Å². The molecule has 0 unspecified atom stereocenters. The van der Waals surface area contributed by atoms with E-state index in [0.29, 0.717) is 24.8 Å². The average molecular weight is 301 g/mol. The topological polar surface area (TPSA) is 53.5 Å². The van der Waals surface area contributed by atoms with Crippen LogP contribution in [-0.2, 0) is 16.1 Å². The third-order valence-corrected chi connectivity index (χ3v) is 4.99. The first-order valence-corrected chi connectivity index (χ1v) is 8.05. The van der Waals surface area contributed by atoms with Gasteiger partial charge in [-0.05, 0) is 36.3 Å². The smallest absolute Gasteiger partial charge is 0.223 e. The fourth-order valence-corrected chi connectivity index (χ4v) is 3.64. The highest BCUT2D eigenvalue weighted by Crippen LogP contribution is 2.32. The van der Waals surface area contributed by atoms with Gasteiger partial charge in [0.2, 0.25) is 11.8 Å². The van der Waals surface area contributed by atoms with Gasteiger partial charge in [-0.2, -0.15) is 0 Å². The second-order valence-corrected chi connectivity index (χ2v) is 6.44. The van der Waals surface area contributed by atoms with Crippen LogP contribution in [0.25, 0.3) is 0 Å². The predicted molar refractivity (Wildman–Crippen MR) is 82.7 cm³/mol. The van der Waals surface area contributed by atoms with E-state index in [9.17, 15) is 9.59 Å². The van der Waals surface area contributed by atoms with Crippen LogP contribution in [0.2, 0.25) is 0 Å². The average Bonchev–Trinajstić information content (AvgIpc) is 2.67. The zero-order chi connectivity index (χ0) is 15.5. The number of carbonyl (C=O) groups excluding carboxylic acids is 2. The van der Waals surface area contributed by atoms with Crippen LogP contribution in [-0.4, -0.2) is 46.2 Å². The number of pyridine rings is 1. The molecule has 3 heterocycles. The van der Waals surface area contributed by atoms with E-state index in [-0.39, 0.29) is 11.8 Å². The molecule has 0 radical (unpaired) electrons. The van der Waals surface area contributed by atoms with Crippen molar-refractivity contribution >= 4 is 11.8 Å². The van der Waals surface area contributed by atoms with Crippen LogP contribution in [0.15, 0.2) is 24.5 Å². The number of hydrogen-bond donors (Lipinski definition) is 0. The second kappa shape index (κ2) is 6.46. The summed E-state index contributed by atoms with van der Waals surface area (Å²) in [5.74, 6) is 1.29. The SMILES string of the molecule is CC(=O)N1CC[C@H]2CC(=O)N(Cc3cccnc3)CC[C@H]2C1. The molecule has 2 atom stereocenters. The number of rotatable bonds is 2. The zero-order valence-electron chi connectivity index (χ0n) is 13.1. The lowest BCUT2D eigenvalue weighted by molar-refractivity contribution is -0.132. The van der Waals surface area contributed by atoms with Gasteiger partial charge in [0.1, 0.15) is 0 Å². The van der Waals surface area contributed by atoms with E-state index in [1.54, 1.807) is 13.1 Å². The van der Waals surface area contributed by atoms with Crippen LogP contribution in [0.1, 0.15) is 31.7 Å². The standard InChI is InChI=1S/C17H23N3O2/c1-13(21)19-7-4-15-9-17(22)20(8-5-16(15)12-19)11-14-3-2-6-18-10-14/h2-3,6,10,15-16H,4-5,7-9,11-12H2,1H3/t15-,16-/m0/s1. The fourth-order valence-electron chi connectivity index (χ4n) is 3.64. The van der Waals surface area contributed by atoms with Gasteiger partial charge in [0.25, 0.3) is 0 Å². The predicted octanol–water partition coefficient (Wildman–Crippen LogP) is 1.69. The van der Waals surface area contributed by atoms with Crippen LogP contribution in [0, 0.1) is 11.8 Å². The van der Waals surface area contributed by atoms with Crippen molar-refractivity contribution in [1.29, 1.82) is 0 Å². The highest BCUT2D eigenvalue weighted by atomic mass is 16.2. The van der Waals surface area contributed by atoms with E-state index in [2.05, 4.69) is 4.98 Å². The summed E-state index contributed by atoms with van der Waals surface area (Å²) in [6.45, 7) is 4.67. The Morgan fingerprint density at radius 2 is 2.14 bits per heavy atom. The normalized spacial score (nSPS) is 25.6. The van der Waals surface area contributed by atoms with Crippen molar-refractivity contribution in [3.05, 3.63) is 30.1 Å². The summed E-state index contributed by atoms with van der Waals surface area (Å²) in [6, 6.07) is 3.91. The maximum Gasteiger partial charge on any atom is 0.223 e. The molecule has 0 N–H and O–H groups in total. The summed E-state index contributed by atoms with van der Waals surface area (Å²) < 4.78 is 0. The Morgan fingerprint density at radius 3 is 2.86 bits per heavy atom.